The van der Waals surface area contributed by atoms with Gasteiger partial charge in [-0.1, -0.05) is 0 Å². The van der Waals surface area contributed by atoms with E-state index in [0.717, 1.165) is 23.4 Å². The highest BCUT2D eigenvalue weighted by Gasteiger charge is 2.31. The molecule has 0 bridgehead atoms. The number of rotatable bonds is 6. The molecule has 11 nitrogen and oxygen atoms in total. The van der Waals surface area contributed by atoms with Gasteiger partial charge in [0.05, 0.1) is 15.6 Å². The number of non-ortho nitro benzene ring substituents is 1. The molecular weight excluding hydrogens is 476 g/mol. The molecule has 0 radical (unpaired) electrons. The largest absolute Gasteiger partial charge is 0.514 e. The Labute approximate surface area is 200 Å². The first-order valence-corrected chi connectivity index (χ1v) is 12.7. The summed E-state index contributed by atoms with van der Waals surface area (Å²) in [6.45, 7) is 0. The van der Waals surface area contributed by atoms with Crippen molar-refractivity contribution in [3.63, 3.8) is 0 Å². The quantitative estimate of drug-likeness (QED) is 0.220. The molecular formula is C23H22N4O7S. The van der Waals surface area contributed by atoms with Crippen molar-refractivity contribution in [1.29, 1.82) is 0 Å². The zero-order valence-electron chi connectivity index (χ0n) is 18.5. The summed E-state index contributed by atoms with van der Waals surface area (Å²) in [6.07, 6.45) is 1.41. The first-order valence-electron chi connectivity index (χ1n) is 11.1. The summed E-state index contributed by atoms with van der Waals surface area (Å²) in [5.74, 6) is 1.05. The second-order valence-electron chi connectivity index (χ2n) is 8.58. The number of fused-ring (bicyclic) bond motifs is 1. The molecule has 0 spiro atoms. The summed E-state index contributed by atoms with van der Waals surface area (Å²) in [4.78, 5) is 22.7. The third-order valence-corrected chi connectivity index (χ3v) is 8.05. The maximum Gasteiger partial charge on any atom is 0.514 e. The van der Waals surface area contributed by atoms with Crippen LogP contribution in [0, 0.1) is 10.1 Å². The highest BCUT2D eigenvalue weighted by Crippen LogP contribution is 2.36. The summed E-state index contributed by atoms with van der Waals surface area (Å²) in [5, 5.41) is 21.2. The van der Waals surface area contributed by atoms with Crippen molar-refractivity contribution >= 4 is 33.2 Å². The zero-order valence-corrected chi connectivity index (χ0v) is 19.3. The summed E-state index contributed by atoms with van der Waals surface area (Å²) >= 11 is 0. The lowest BCUT2D eigenvalue weighted by atomic mass is 10.0. The molecule has 1 aliphatic carbocycles. The molecule has 1 aromatic heterocycles. The molecule has 35 heavy (non-hydrogen) atoms. The number of nitrogens with one attached hydrogen (secondary N) is 2. The predicted octanol–water partition coefficient (Wildman–Crippen LogP) is 4.24. The van der Waals surface area contributed by atoms with Gasteiger partial charge in [0.25, 0.3) is 5.69 Å². The van der Waals surface area contributed by atoms with Crippen molar-refractivity contribution in [2.45, 2.75) is 42.6 Å². The monoisotopic (exact) mass is 498 g/mol. The molecule has 1 fully saturated rings. The van der Waals surface area contributed by atoms with Crippen molar-refractivity contribution in [2.24, 2.45) is 0 Å². The van der Waals surface area contributed by atoms with Crippen LogP contribution < -0.4 is 10.1 Å². The van der Waals surface area contributed by atoms with Gasteiger partial charge in [0.2, 0.25) is 0 Å². The van der Waals surface area contributed by atoms with Crippen LogP contribution >= 0.6 is 0 Å². The molecule has 2 atom stereocenters. The SMILES string of the molecule is O=C(Oc1ccc([N+](=O)[O-])cc1)O[C@@H]1CC[C@H](c2cc(Nc3ccc4c(c3)CCS4(=O)=O)n[nH]2)C1. The topological polar surface area (TPSA) is 154 Å². The molecule has 0 unspecified atom stereocenters. The molecule has 3 aromatic rings. The van der Waals surface area contributed by atoms with Gasteiger partial charge >= 0.3 is 6.16 Å². The lowest BCUT2D eigenvalue weighted by molar-refractivity contribution is -0.384. The van der Waals surface area contributed by atoms with E-state index in [9.17, 15) is 23.3 Å². The molecule has 2 N–H and O–H groups in total. The Morgan fingerprint density at radius 3 is 2.71 bits per heavy atom. The van der Waals surface area contributed by atoms with Gasteiger partial charge < -0.3 is 14.8 Å². The zero-order chi connectivity index (χ0) is 24.6. The molecule has 2 heterocycles. The van der Waals surface area contributed by atoms with Crippen LogP contribution in [0.4, 0.5) is 22.0 Å². The number of carbonyl (C=O) groups is 1. The number of ether oxygens (including phenoxy) is 2. The van der Waals surface area contributed by atoms with Crippen LogP contribution in [0.1, 0.15) is 36.4 Å². The van der Waals surface area contributed by atoms with Gasteiger partial charge in [0.1, 0.15) is 11.9 Å². The lowest BCUT2D eigenvalue weighted by Crippen LogP contribution is -2.18. The average molecular weight is 499 g/mol. The number of nitro groups is 1. The van der Waals surface area contributed by atoms with Crippen LogP contribution in [0.3, 0.4) is 0 Å². The number of aryl methyl sites for hydroxylation is 1. The van der Waals surface area contributed by atoms with Crippen LogP contribution in [-0.2, 0) is 21.0 Å². The lowest BCUT2D eigenvalue weighted by Gasteiger charge is -2.12. The minimum Gasteiger partial charge on any atom is -0.431 e. The van der Waals surface area contributed by atoms with Crippen molar-refractivity contribution in [1.82, 2.24) is 10.2 Å². The third kappa shape index (κ3) is 4.97. The minimum atomic E-state index is -3.16. The fourth-order valence-corrected chi connectivity index (χ4v) is 6.03. The number of carbonyl (C=O) groups excluding carboxylic acids is 1. The summed E-state index contributed by atoms with van der Waals surface area (Å²) in [5.41, 5.74) is 2.38. The third-order valence-electron chi connectivity index (χ3n) is 6.24. The first-order chi connectivity index (χ1) is 16.8. The van der Waals surface area contributed by atoms with Crippen LogP contribution in [-0.4, -0.2) is 41.6 Å². The Balaban J connectivity index is 1.15. The summed E-state index contributed by atoms with van der Waals surface area (Å²) in [7, 11) is -3.16. The first kappa shape index (κ1) is 22.8. The maximum atomic E-state index is 12.1. The highest BCUT2D eigenvalue weighted by atomic mass is 32.2. The number of sulfone groups is 1. The van der Waals surface area contributed by atoms with Gasteiger partial charge in [-0.25, -0.2) is 13.2 Å². The van der Waals surface area contributed by atoms with E-state index in [1.807, 2.05) is 12.1 Å². The normalized spacial score (nSPS) is 20.2. The molecule has 182 valence electrons. The summed E-state index contributed by atoms with van der Waals surface area (Å²) < 4.78 is 34.5. The van der Waals surface area contributed by atoms with Gasteiger partial charge in [-0.15, -0.1) is 0 Å². The molecule has 1 aliphatic heterocycles. The van der Waals surface area contributed by atoms with Crippen molar-refractivity contribution in [3.8, 4) is 5.75 Å². The van der Waals surface area contributed by atoms with E-state index < -0.39 is 20.9 Å². The van der Waals surface area contributed by atoms with Crippen molar-refractivity contribution in [2.75, 3.05) is 11.1 Å². The Hall–Kier alpha value is -3.93. The predicted molar refractivity (Wildman–Crippen MR) is 125 cm³/mol. The number of benzene rings is 2. The van der Waals surface area contributed by atoms with Gasteiger partial charge in [-0.2, -0.15) is 5.10 Å². The Bertz CT molecular complexity index is 1390. The van der Waals surface area contributed by atoms with E-state index in [4.69, 9.17) is 9.47 Å². The Morgan fingerprint density at radius 2 is 1.94 bits per heavy atom. The van der Waals surface area contributed by atoms with Crippen molar-refractivity contribution < 1.29 is 27.6 Å². The molecule has 12 heteroatoms. The molecule has 0 amide bonds. The number of H-pyrrole nitrogens is 1. The van der Waals surface area contributed by atoms with E-state index in [2.05, 4.69) is 15.5 Å². The van der Waals surface area contributed by atoms with Gasteiger partial charge in [-0.3, -0.25) is 15.2 Å². The number of aromatic nitrogens is 2. The highest BCUT2D eigenvalue weighted by molar-refractivity contribution is 7.91. The number of aromatic amines is 1. The number of anilines is 2. The standard InChI is InChI=1S/C23H22N4O7S/c28-23(33-18-6-3-17(4-7-18)27(29)30)34-19-5-1-14(12-19)20-13-22(26-25-20)24-16-2-8-21-15(11-16)9-10-35(21,31)32/h2-4,6-8,11,13-14,19H,1,5,9-10,12H2,(H2,24,25,26)/t14-,19+/m0/s1. The molecule has 2 aliphatic rings. The Kier molecular flexibility index (Phi) is 5.89. The van der Waals surface area contributed by atoms with E-state index in [-0.39, 0.29) is 29.2 Å². The minimum absolute atomic E-state index is 0.0955. The van der Waals surface area contributed by atoms with Crippen LogP contribution in [0.15, 0.2) is 53.4 Å². The van der Waals surface area contributed by atoms with Crippen molar-refractivity contribution in [3.05, 3.63) is 69.9 Å². The Morgan fingerprint density at radius 1 is 1.14 bits per heavy atom. The smallest absolute Gasteiger partial charge is 0.431 e. The van der Waals surface area contributed by atoms with Crippen LogP contribution in [0.25, 0.3) is 0 Å². The van der Waals surface area contributed by atoms with Crippen LogP contribution in [0.2, 0.25) is 0 Å². The van der Waals surface area contributed by atoms with Gasteiger partial charge in [0, 0.05) is 35.5 Å². The molecule has 0 saturated heterocycles. The van der Waals surface area contributed by atoms with E-state index in [1.165, 1.54) is 24.3 Å². The number of hydrogen-bond donors (Lipinski definition) is 2. The molecule has 2 aromatic carbocycles. The van der Waals surface area contributed by atoms with Crippen LogP contribution in [0.5, 0.6) is 5.75 Å². The van der Waals surface area contributed by atoms with Gasteiger partial charge in [0.15, 0.2) is 15.7 Å². The fraction of sp³-hybridized carbons (Fsp3) is 0.304. The maximum absolute atomic E-state index is 12.1. The van der Waals surface area contributed by atoms with E-state index in [1.54, 1.807) is 12.1 Å². The number of nitro benzene ring substituents is 1. The molecule has 1 saturated carbocycles. The molecule has 5 rings (SSSR count). The van der Waals surface area contributed by atoms with E-state index >= 15 is 0 Å². The number of nitrogens with zero attached hydrogens (tertiary/aromatic N) is 2. The summed E-state index contributed by atoms with van der Waals surface area (Å²) in [6, 6.07) is 12.3. The second kappa shape index (κ2) is 9.02. The fourth-order valence-electron chi connectivity index (χ4n) is 4.49. The van der Waals surface area contributed by atoms with Gasteiger partial charge in [-0.05, 0) is 61.6 Å². The second-order valence-corrected chi connectivity index (χ2v) is 10.7. The van der Waals surface area contributed by atoms with E-state index in [0.29, 0.717) is 30.0 Å². The number of hydrogen-bond acceptors (Lipinski definition) is 9. The average Bonchev–Trinajstić information content (AvgIpc) is 3.54.